The Kier molecular flexibility index (Phi) is 10.8. The second-order valence-electron chi connectivity index (χ2n) is 5.29. The monoisotopic (exact) mass is 510 g/mol. The molecule has 0 spiro atoms. The van der Waals surface area contributed by atoms with E-state index in [9.17, 15) is 24.5 Å². The average Bonchev–Trinajstić information content (AvgIpc) is 3.17. The lowest BCUT2D eigenvalue weighted by molar-refractivity contribution is -0.384. The number of carbonyl (C=O) groups is 3. The van der Waals surface area contributed by atoms with Gasteiger partial charge in [-0.3, -0.25) is 19.7 Å². The highest BCUT2D eigenvalue weighted by Gasteiger charge is 2.18. The number of ether oxygens (including phenoxy) is 1. The van der Waals surface area contributed by atoms with Gasteiger partial charge in [-0.15, -0.1) is 35.3 Å². The predicted molar refractivity (Wildman–Crippen MR) is 115 cm³/mol. The number of thiazole rings is 1. The van der Waals surface area contributed by atoms with Crippen molar-refractivity contribution < 1.29 is 28.9 Å². The zero-order chi connectivity index (χ0) is 22.1. The van der Waals surface area contributed by atoms with E-state index in [1.807, 2.05) is 0 Å². The maximum atomic E-state index is 11.7. The summed E-state index contributed by atoms with van der Waals surface area (Å²) in [6.45, 7) is -0.762. The van der Waals surface area contributed by atoms with Crippen LogP contribution in [0.3, 0.4) is 0 Å². The third-order valence-electron chi connectivity index (χ3n) is 3.19. The van der Waals surface area contributed by atoms with E-state index < -0.39 is 28.6 Å². The number of rotatable bonds is 10. The number of oxime groups is 1. The molecule has 2 rings (SSSR count). The first-order valence-corrected chi connectivity index (χ1v) is 9.69. The van der Waals surface area contributed by atoms with Gasteiger partial charge < -0.3 is 14.9 Å². The molecule has 15 heteroatoms. The molecule has 2 aromatic rings. The van der Waals surface area contributed by atoms with E-state index in [2.05, 4.69) is 15.5 Å². The molecule has 11 nitrogen and oxygen atoms in total. The van der Waals surface area contributed by atoms with Crippen molar-refractivity contribution >= 4 is 80.6 Å². The largest absolute Gasteiger partial charge is 0.458 e. The highest BCUT2D eigenvalue weighted by molar-refractivity contribution is 7.14. The molecule has 0 aliphatic heterocycles. The van der Waals surface area contributed by atoms with Crippen LogP contribution in [0.2, 0.25) is 0 Å². The van der Waals surface area contributed by atoms with Crippen LogP contribution in [0.5, 0.6) is 0 Å². The Labute approximate surface area is 194 Å². The lowest BCUT2D eigenvalue weighted by Crippen LogP contribution is -2.15. The minimum atomic E-state index is -0.991. The maximum absolute atomic E-state index is 11.7. The van der Waals surface area contributed by atoms with Crippen molar-refractivity contribution in [3.05, 3.63) is 51.0 Å². The van der Waals surface area contributed by atoms with E-state index in [-0.39, 0.29) is 47.1 Å². The number of aromatic nitrogens is 1. The number of halogens is 3. The number of esters is 1. The number of hydrogen-bond donors (Lipinski definition) is 1. The van der Waals surface area contributed by atoms with E-state index in [0.29, 0.717) is 5.56 Å². The molecule has 1 aromatic carbocycles. The fourth-order valence-electron chi connectivity index (χ4n) is 1.84. The van der Waals surface area contributed by atoms with Gasteiger partial charge in [0.25, 0.3) is 10.9 Å². The number of non-ortho nitro benzene ring substituents is 1. The van der Waals surface area contributed by atoms with Crippen molar-refractivity contribution in [1.82, 2.24) is 4.98 Å². The molecular formula is C16H13Cl3N4O7S. The number of benzene rings is 1. The summed E-state index contributed by atoms with van der Waals surface area (Å²) in [5.41, 5.74) is 0.100. The van der Waals surface area contributed by atoms with Crippen molar-refractivity contribution in [2.75, 3.05) is 17.8 Å². The molecule has 0 saturated carbocycles. The first-order chi connectivity index (χ1) is 14.3. The van der Waals surface area contributed by atoms with E-state index in [0.717, 1.165) is 11.3 Å². The van der Waals surface area contributed by atoms with Crippen LogP contribution in [0, 0.1) is 10.1 Å². The summed E-state index contributed by atoms with van der Waals surface area (Å²) in [5.74, 6) is -1.55. The second-order valence-corrected chi connectivity index (χ2v) is 6.76. The Hall–Kier alpha value is -2.80. The van der Waals surface area contributed by atoms with Gasteiger partial charge in [0, 0.05) is 17.5 Å². The van der Waals surface area contributed by atoms with Gasteiger partial charge in [0.05, 0.1) is 4.92 Å². The van der Waals surface area contributed by atoms with Crippen molar-refractivity contribution in [2.45, 2.75) is 6.61 Å². The predicted octanol–water partition coefficient (Wildman–Crippen LogP) is 2.88. The Bertz CT molecular complexity index is 982. The van der Waals surface area contributed by atoms with E-state index in [4.69, 9.17) is 32.8 Å². The van der Waals surface area contributed by atoms with Gasteiger partial charge in [-0.2, -0.15) is 0 Å². The van der Waals surface area contributed by atoms with Crippen LogP contribution in [0.25, 0.3) is 0 Å². The molecule has 0 fully saturated rings. The molecule has 31 heavy (non-hydrogen) atoms. The standard InChI is InChI=1S/C16H12Cl2N4O7S.ClH/c17-5-12(23)20-16-19-11(8-30-16)14(15(18)25)21-29-7-13(24)28-6-9-1-3-10(4-2-9)22(26)27;/h1-4,8H,5-7H2,(H,19,20,23);1H/b21-14+;. The molecule has 0 aliphatic rings. The van der Waals surface area contributed by atoms with Crippen LogP contribution in [-0.4, -0.2) is 45.2 Å². The third-order valence-corrected chi connectivity index (χ3v) is 4.37. The minimum Gasteiger partial charge on any atom is -0.458 e. The quantitative estimate of drug-likeness (QED) is 0.128. The van der Waals surface area contributed by atoms with Crippen LogP contribution in [0.15, 0.2) is 34.8 Å². The molecule has 166 valence electrons. The van der Waals surface area contributed by atoms with Gasteiger partial charge in [0.15, 0.2) is 10.8 Å². The topological polar surface area (TPSA) is 150 Å². The van der Waals surface area contributed by atoms with Crippen LogP contribution >= 0.6 is 46.9 Å². The molecule has 1 amide bonds. The summed E-state index contributed by atoms with van der Waals surface area (Å²) in [7, 11) is 0. The number of nitrogens with zero attached hydrogens (tertiary/aromatic N) is 3. The number of nitro benzene ring substituents is 1. The normalized spacial score (nSPS) is 10.6. The van der Waals surface area contributed by atoms with Crippen molar-refractivity contribution in [3.8, 4) is 0 Å². The molecule has 0 aliphatic carbocycles. The lowest BCUT2D eigenvalue weighted by Gasteiger charge is -2.04. The third kappa shape index (κ3) is 8.45. The Morgan fingerprint density at radius 2 is 1.94 bits per heavy atom. The van der Waals surface area contributed by atoms with Gasteiger partial charge >= 0.3 is 5.97 Å². The molecule has 1 aromatic heterocycles. The number of alkyl halides is 1. The number of hydrogen-bond acceptors (Lipinski definition) is 10. The van der Waals surface area contributed by atoms with E-state index >= 15 is 0 Å². The molecular weight excluding hydrogens is 499 g/mol. The molecule has 0 unspecified atom stereocenters. The number of nitrogens with one attached hydrogen (secondary N) is 1. The van der Waals surface area contributed by atoms with Crippen LogP contribution < -0.4 is 5.32 Å². The fraction of sp³-hybridized carbons (Fsp3) is 0.188. The van der Waals surface area contributed by atoms with Gasteiger partial charge in [-0.25, -0.2) is 9.78 Å². The molecule has 0 bridgehead atoms. The fourth-order valence-corrected chi connectivity index (χ4v) is 2.75. The molecule has 0 atom stereocenters. The molecule has 1 heterocycles. The Morgan fingerprint density at radius 1 is 1.26 bits per heavy atom. The number of nitro groups is 1. The zero-order valence-corrected chi connectivity index (χ0v) is 18.4. The number of anilines is 1. The van der Waals surface area contributed by atoms with Gasteiger partial charge in [-0.1, -0.05) is 5.16 Å². The summed E-state index contributed by atoms with van der Waals surface area (Å²) >= 11 is 11.8. The molecule has 0 radical (unpaired) electrons. The van der Waals surface area contributed by atoms with Gasteiger partial charge in [0.2, 0.25) is 12.5 Å². The summed E-state index contributed by atoms with van der Waals surface area (Å²) in [4.78, 5) is 53.3. The van der Waals surface area contributed by atoms with Crippen LogP contribution in [0.4, 0.5) is 10.8 Å². The Morgan fingerprint density at radius 3 is 2.52 bits per heavy atom. The lowest BCUT2D eigenvalue weighted by atomic mass is 10.2. The van der Waals surface area contributed by atoms with Gasteiger partial charge in [0.1, 0.15) is 18.2 Å². The van der Waals surface area contributed by atoms with Crippen molar-refractivity contribution in [2.24, 2.45) is 5.16 Å². The number of carbonyl (C=O) groups excluding carboxylic acids is 3. The van der Waals surface area contributed by atoms with Crippen molar-refractivity contribution in [1.29, 1.82) is 0 Å². The first kappa shape index (κ1) is 26.2. The maximum Gasteiger partial charge on any atom is 0.347 e. The highest BCUT2D eigenvalue weighted by atomic mass is 35.5. The summed E-state index contributed by atoms with van der Waals surface area (Å²) < 4.78 is 4.94. The van der Waals surface area contributed by atoms with Crippen LogP contribution in [0.1, 0.15) is 11.3 Å². The first-order valence-electron chi connectivity index (χ1n) is 7.90. The smallest absolute Gasteiger partial charge is 0.347 e. The second kappa shape index (κ2) is 12.8. The van der Waals surface area contributed by atoms with E-state index in [1.165, 1.54) is 29.6 Å². The molecule has 1 N–H and O–H groups in total. The van der Waals surface area contributed by atoms with Crippen molar-refractivity contribution in [3.63, 3.8) is 0 Å². The average molecular weight is 512 g/mol. The van der Waals surface area contributed by atoms with Crippen LogP contribution in [-0.2, 0) is 30.6 Å². The minimum absolute atomic E-state index is 0. The molecule has 0 saturated heterocycles. The van der Waals surface area contributed by atoms with Gasteiger partial charge in [-0.05, 0) is 29.3 Å². The van der Waals surface area contributed by atoms with E-state index in [1.54, 1.807) is 0 Å². The Balaban J connectivity index is 0.00000480. The summed E-state index contributed by atoms with van der Waals surface area (Å²) in [6, 6.07) is 5.44. The summed E-state index contributed by atoms with van der Waals surface area (Å²) in [5, 5.41) is 17.1. The summed E-state index contributed by atoms with van der Waals surface area (Å²) in [6.07, 6.45) is 0. The number of amides is 1. The zero-order valence-electron chi connectivity index (χ0n) is 15.3. The SMILES string of the molecule is Cl.O=C(CCl)Nc1nc(/C(=N\OCC(=O)OCc2ccc([N+](=O)[O-])cc2)C(=O)Cl)cs1. The highest BCUT2D eigenvalue weighted by Crippen LogP contribution is 2.17.